The van der Waals surface area contributed by atoms with E-state index in [2.05, 4.69) is 46.5 Å². The fourth-order valence-corrected chi connectivity index (χ4v) is 12.4. The van der Waals surface area contributed by atoms with E-state index < -0.39 is 23.8 Å². The third kappa shape index (κ3) is 5.88. The Kier molecular flexibility index (Phi) is 8.72. The van der Waals surface area contributed by atoms with Gasteiger partial charge in [-0.1, -0.05) is 18.2 Å². The molecule has 3 N–H and O–H groups in total. The maximum Gasteiger partial charge on any atom is 0.264 e. The van der Waals surface area contributed by atoms with Crippen molar-refractivity contribution in [2.45, 2.75) is 100 Å². The fraction of sp³-hybridized carbons (Fsp3) is 0.545. The highest BCUT2D eigenvalue weighted by Gasteiger charge is 2.55. The second kappa shape index (κ2) is 14.0. The molecule has 4 unspecified atom stereocenters. The summed E-state index contributed by atoms with van der Waals surface area (Å²) < 4.78 is 0. The van der Waals surface area contributed by atoms with E-state index >= 15 is 0 Å². The summed E-state index contributed by atoms with van der Waals surface area (Å²) >= 11 is 0. The molecule has 4 amide bonds. The number of phenolic OH excluding ortho intramolecular Hbond substituents is 1. The first kappa shape index (κ1) is 36.0. The summed E-state index contributed by atoms with van der Waals surface area (Å²) in [6.45, 7) is 5.60. The van der Waals surface area contributed by atoms with Crippen LogP contribution in [0.2, 0.25) is 0 Å². The standard InChI is InChI=1S/C44H51N9O5/c54-38-7-2-1-4-31(38)33-22-37-41(48-47-33)45-23-30-24-50(16-17-51(30)37)27-20-28-18-26-19-29(21-27)52(28)34(26)9-8-25-12-14-49(15-13-25)35-6-3-5-32-40(35)44(58)53(43(32)57)36-10-11-39(55)46-42(36)56/h1-7,22,25-30,34,36,54H,8-21,23-24H2,(H,45,48)(H,46,55,56)/t26?,27?,28?,29?,30-,34?,36?/m0/s1. The Morgan fingerprint density at radius 2 is 1.55 bits per heavy atom. The Bertz CT molecular complexity index is 2180. The Balaban J connectivity index is 0.685. The topological polar surface area (TPSA) is 155 Å². The zero-order valence-corrected chi connectivity index (χ0v) is 32.8. The van der Waals surface area contributed by atoms with Crippen molar-refractivity contribution in [2.24, 2.45) is 11.8 Å². The summed E-state index contributed by atoms with van der Waals surface area (Å²) in [4.78, 5) is 63.0. The van der Waals surface area contributed by atoms with Crippen LogP contribution >= 0.6 is 0 Å². The van der Waals surface area contributed by atoms with E-state index in [4.69, 9.17) is 0 Å². The molecule has 8 aliphatic rings. The lowest BCUT2D eigenvalue weighted by Crippen LogP contribution is -2.62. The SMILES string of the molecule is O=C1CCC(N2C(=O)c3cccc(N4CCC(CCC5C6CC7CC(N8CCN9c%10cc(-c%11ccccc%11O)nnc%10NC[C@H]9C8)CC(C6)N75)CC4)c3C2=O)C(=O)N1. The van der Waals surface area contributed by atoms with Crippen LogP contribution in [-0.4, -0.2) is 129 Å². The molecule has 2 aromatic carbocycles. The number of hydrogen-bond donors (Lipinski definition) is 3. The van der Waals surface area contributed by atoms with Gasteiger partial charge >= 0.3 is 0 Å². The van der Waals surface area contributed by atoms with Crippen LogP contribution in [0.1, 0.15) is 84.9 Å². The van der Waals surface area contributed by atoms with Crippen molar-refractivity contribution in [3.8, 4) is 17.0 Å². The summed E-state index contributed by atoms with van der Waals surface area (Å²) in [6.07, 6.45) is 10.1. The first-order chi connectivity index (χ1) is 28.3. The number of piperazine rings is 1. The zero-order valence-electron chi connectivity index (χ0n) is 32.8. The van der Waals surface area contributed by atoms with Gasteiger partial charge in [0.1, 0.15) is 11.8 Å². The molecule has 58 heavy (non-hydrogen) atoms. The van der Waals surface area contributed by atoms with E-state index in [1.807, 2.05) is 30.3 Å². The van der Waals surface area contributed by atoms with E-state index in [0.29, 0.717) is 58.5 Å². The molecule has 14 heteroatoms. The van der Waals surface area contributed by atoms with E-state index in [1.165, 1.54) is 38.5 Å². The van der Waals surface area contributed by atoms with E-state index in [1.54, 1.807) is 12.1 Å². The number of piperidine rings is 4. The molecule has 11 rings (SSSR count). The number of phenols is 1. The summed E-state index contributed by atoms with van der Waals surface area (Å²) in [5, 5.41) is 25.3. The van der Waals surface area contributed by atoms with Crippen molar-refractivity contribution in [2.75, 3.05) is 54.4 Å². The number of para-hydroxylation sites is 1. The van der Waals surface area contributed by atoms with Gasteiger partial charge in [0, 0.05) is 75.4 Å². The second-order valence-electron chi connectivity index (χ2n) is 18.0. The summed E-state index contributed by atoms with van der Waals surface area (Å²) in [5.41, 5.74) is 4.01. The lowest BCUT2D eigenvalue weighted by atomic mass is 9.81. The van der Waals surface area contributed by atoms with Crippen LogP contribution in [0.25, 0.3) is 11.3 Å². The molecule has 8 aliphatic heterocycles. The number of rotatable bonds is 7. The van der Waals surface area contributed by atoms with Gasteiger partial charge in [0.05, 0.1) is 34.2 Å². The highest BCUT2D eigenvalue weighted by molar-refractivity contribution is 6.25. The molecule has 0 saturated carbocycles. The quantitative estimate of drug-likeness (QED) is 0.298. The summed E-state index contributed by atoms with van der Waals surface area (Å²) in [5.74, 6) is 0.675. The van der Waals surface area contributed by atoms with Crippen LogP contribution in [0.3, 0.4) is 0 Å². The number of aromatic nitrogens is 2. The van der Waals surface area contributed by atoms with Gasteiger partial charge in [-0.2, -0.15) is 0 Å². The van der Waals surface area contributed by atoms with Gasteiger partial charge < -0.3 is 20.2 Å². The fourth-order valence-electron chi connectivity index (χ4n) is 12.4. The van der Waals surface area contributed by atoms with Crippen LogP contribution in [0, 0.1) is 11.8 Å². The van der Waals surface area contributed by atoms with Gasteiger partial charge in [0.2, 0.25) is 11.8 Å². The molecule has 6 fully saturated rings. The average Bonchev–Trinajstić information content (AvgIpc) is 3.86. The predicted molar refractivity (Wildman–Crippen MR) is 217 cm³/mol. The number of hydrogen-bond acceptors (Lipinski definition) is 12. The maximum absolute atomic E-state index is 13.7. The maximum atomic E-state index is 13.7. The van der Waals surface area contributed by atoms with Gasteiger partial charge in [-0.05, 0) is 100.0 Å². The van der Waals surface area contributed by atoms with Crippen LogP contribution in [-0.2, 0) is 9.59 Å². The largest absolute Gasteiger partial charge is 0.507 e. The van der Waals surface area contributed by atoms with Crippen molar-refractivity contribution in [3.05, 3.63) is 59.7 Å². The molecule has 1 aromatic heterocycles. The molecule has 14 nitrogen and oxygen atoms in total. The van der Waals surface area contributed by atoms with Crippen LogP contribution in [0.5, 0.6) is 5.75 Å². The Hall–Kier alpha value is -5.08. The number of imide groups is 2. The zero-order chi connectivity index (χ0) is 39.2. The molecular weight excluding hydrogens is 735 g/mol. The van der Waals surface area contributed by atoms with Gasteiger partial charge in [-0.15, -0.1) is 10.2 Å². The number of nitrogens with one attached hydrogen (secondary N) is 2. The molecule has 6 saturated heterocycles. The van der Waals surface area contributed by atoms with Gasteiger partial charge in [-0.3, -0.25) is 39.2 Å². The molecule has 0 radical (unpaired) electrons. The smallest absolute Gasteiger partial charge is 0.264 e. The van der Waals surface area contributed by atoms with Crippen LogP contribution in [0.4, 0.5) is 17.2 Å². The van der Waals surface area contributed by atoms with Crippen LogP contribution in [0.15, 0.2) is 48.5 Å². The molecule has 9 heterocycles. The second-order valence-corrected chi connectivity index (χ2v) is 18.0. The Morgan fingerprint density at radius 1 is 0.759 bits per heavy atom. The van der Waals surface area contributed by atoms with E-state index in [-0.39, 0.29) is 24.5 Å². The summed E-state index contributed by atoms with van der Waals surface area (Å²) in [7, 11) is 0. The predicted octanol–water partition coefficient (Wildman–Crippen LogP) is 3.86. The van der Waals surface area contributed by atoms with Gasteiger partial charge in [-0.25, -0.2) is 0 Å². The Morgan fingerprint density at radius 3 is 2.34 bits per heavy atom. The molecule has 5 atom stereocenters. The van der Waals surface area contributed by atoms with Gasteiger partial charge in [0.15, 0.2) is 5.82 Å². The molecule has 0 aliphatic carbocycles. The highest BCUT2D eigenvalue weighted by atomic mass is 16.3. The van der Waals surface area contributed by atoms with Crippen molar-refractivity contribution in [1.82, 2.24) is 30.2 Å². The van der Waals surface area contributed by atoms with Crippen molar-refractivity contribution < 1.29 is 24.3 Å². The Labute approximate surface area is 337 Å². The molecule has 0 spiro atoms. The van der Waals surface area contributed by atoms with E-state index in [0.717, 1.165) is 80.1 Å². The molecule has 3 aromatic rings. The number of carbonyl (C=O) groups is 4. The lowest BCUT2D eigenvalue weighted by molar-refractivity contribution is -0.136. The van der Waals surface area contributed by atoms with Crippen LogP contribution < -0.4 is 20.4 Å². The minimum Gasteiger partial charge on any atom is -0.507 e. The van der Waals surface area contributed by atoms with Crippen molar-refractivity contribution >= 4 is 40.8 Å². The number of aromatic hydroxyl groups is 1. The number of carbonyl (C=O) groups excluding carboxylic acids is 4. The number of amides is 4. The first-order valence-electron chi connectivity index (χ1n) is 21.6. The molecular formula is C44H51N9O5. The minimum atomic E-state index is -0.955. The summed E-state index contributed by atoms with van der Waals surface area (Å²) in [6, 6.07) is 17.0. The molecule has 302 valence electrons. The van der Waals surface area contributed by atoms with E-state index in [9.17, 15) is 24.3 Å². The van der Waals surface area contributed by atoms with Crippen molar-refractivity contribution in [1.29, 1.82) is 0 Å². The minimum absolute atomic E-state index is 0.111. The third-order valence-electron chi connectivity index (χ3n) is 15.1. The normalized spacial score (nSPS) is 31.0. The van der Waals surface area contributed by atoms with Crippen molar-refractivity contribution in [3.63, 3.8) is 0 Å². The first-order valence-corrected chi connectivity index (χ1v) is 21.6. The number of benzene rings is 2. The lowest BCUT2D eigenvalue weighted by Gasteiger charge is -2.51. The molecule has 2 bridgehead atoms. The highest BCUT2D eigenvalue weighted by Crippen LogP contribution is 2.52. The number of anilines is 3. The third-order valence-corrected chi connectivity index (χ3v) is 15.1. The van der Waals surface area contributed by atoms with Gasteiger partial charge in [0.25, 0.3) is 11.8 Å². The monoisotopic (exact) mass is 785 g/mol. The number of nitrogens with zero attached hydrogens (tertiary/aromatic N) is 7. The number of fused-ring (bicyclic) bond motifs is 5. The average molecular weight is 786 g/mol.